The Balaban J connectivity index is 2.26. The summed E-state index contributed by atoms with van der Waals surface area (Å²) in [6.07, 6.45) is 0. The number of phenols is 1. The Morgan fingerprint density at radius 1 is 1.47 bits per heavy atom. The maximum Gasteiger partial charge on any atom is 0.296 e. The molecule has 1 heterocycles. The first-order valence-corrected chi connectivity index (χ1v) is 6.71. The second-order valence-corrected chi connectivity index (χ2v) is 5.55. The average molecular weight is 299 g/mol. The molecule has 5 nitrogen and oxygen atoms in total. The third-order valence-electron chi connectivity index (χ3n) is 2.64. The molecule has 1 aromatic carbocycles. The van der Waals surface area contributed by atoms with Gasteiger partial charge in [-0.3, -0.25) is 10.1 Å². The monoisotopic (exact) mass is 298 g/mol. The maximum atomic E-state index is 10.9. The summed E-state index contributed by atoms with van der Waals surface area (Å²) in [7, 11) is 0. The van der Waals surface area contributed by atoms with Crippen LogP contribution in [0.1, 0.15) is 18.5 Å². The number of nitro benzene ring substituents is 1. The molecule has 0 saturated carbocycles. The van der Waals surface area contributed by atoms with E-state index in [9.17, 15) is 15.2 Å². The molecule has 0 radical (unpaired) electrons. The first-order valence-electron chi connectivity index (χ1n) is 5.45. The first-order chi connectivity index (χ1) is 8.97. The lowest BCUT2D eigenvalue weighted by Gasteiger charge is -2.14. The van der Waals surface area contributed by atoms with Gasteiger partial charge in [0.25, 0.3) is 5.69 Å². The van der Waals surface area contributed by atoms with Gasteiger partial charge >= 0.3 is 0 Å². The van der Waals surface area contributed by atoms with E-state index < -0.39 is 4.92 Å². The van der Waals surface area contributed by atoms with Crippen LogP contribution in [0.2, 0.25) is 4.34 Å². The fraction of sp³-hybridized carbons (Fsp3) is 0.167. The normalized spacial score (nSPS) is 12.1. The smallest absolute Gasteiger partial charge is 0.296 e. The summed E-state index contributed by atoms with van der Waals surface area (Å²) in [5.41, 5.74) is 1.16. The van der Waals surface area contributed by atoms with Crippen LogP contribution < -0.4 is 5.32 Å². The van der Waals surface area contributed by atoms with Gasteiger partial charge in [-0.2, -0.15) is 0 Å². The molecular weight excluding hydrogens is 288 g/mol. The van der Waals surface area contributed by atoms with E-state index in [0.717, 1.165) is 11.6 Å². The van der Waals surface area contributed by atoms with Gasteiger partial charge in [0.1, 0.15) is 11.4 Å². The largest absolute Gasteiger partial charge is 0.508 e. The van der Waals surface area contributed by atoms with Gasteiger partial charge < -0.3 is 10.4 Å². The van der Waals surface area contributed by atoms with Crippen molar-refractivity contribution in [3.8, 4) is 5.75 Å². The van der Waals surface area contributed by atoms with Crippen molar-refractivity contribution in [3.05, 3.63) is 49.7 Å². The molecule has 7 heteroatoms. The van der Waals surface area contributed by atoms with Crippen LogP contribution in [0.5, 0.6) is 5.75 Å². The molecule has 0 aliphatic rings. The highest BCUT2D eigenvalue weighted by Crippen LogP contribution is 2.32. The van der Waals surface area contributed by atoms with Crippen molar-refractivity contribution < 1.29 is 10.0 Å². The van der Waals surface area contributed by atoms with E-state index in [1.165, 1.54) is 23.5 Å². The van der Waals surface area contributed by atoms with E-state index in [4.69, 9.17) is 11.6 Å². The Hall–Kier alpha value is -1.79. The molecule has 0 aliphatic heterocycles. The maximum absolute atomic E-state index is 10.9. The molecule has 0 fully saturated rings. The number of nitro groups is 1. The molecule has 1 unspecified atom stereocenters. The van der Waals surface area contributed by atoms with Crippen molar-refractivity contribution in [1.29, 1.82) is 0 Å². The number of nitrogens with zero attached hydrogens (tertiary/aromatic N) is 1. The van der Waals surface area contributed by atoms with E-state index in [1.54, 1.807) is 0 Å². The number of benzene rings is 1. The van der Waals surface area contributed by atoms with Gasteiger partial charge in [0.05, 0.1) is 15.3 Å². The molecule has 1 atom stereocenters. The van der Waals surface area contributed by atoms with Crippen molar-refractivity contribution in [2.24, 2.45) is 0 Å². The summed E-state index contributed by atoms with van der Waals surface area (Å²) in [5.74, 6) is -0.136. The molecule has 0 saturated heterocycles. The van der Waals surface area contributed by atoms with Crippen LogP contribution in [0.4, 0.5) is 11.4 Å². The lowest BCUT2D eigenvalue weighted by atomic mass is 10.1. The topological polar surface area (TPSA) is 75.4 Å². The Morgan fingerprint density at radius 3 is 2.79 bits per heavy atom. The molecule has 0 bridgehead atoms. The third kappa shape index (κ3) is 3.15. The predicted octanol–water partition coefficient (Wildman–Crippen LogP) is 4.19. The number of rotatable bonds is 4. The van der Waals surface area contributed by atoms with Crippen LogP contribution in [0.15, 0.2) is 29.6 Å². The number of hydrogen-bond acceptors (Lipinski definition) is 5. The highest BCUT2D eigenvalue weighted by Gasteiger charge is 2.17. The number of halogens is 1. The highest BCUT2D eigenvalue weighted by atomic mass is 35.5. The van der Waals surface area contributed by atoms with Gasteiger partial charge in [0.15, 0.2) is 0 Å². The third-order valence-corrected chi connectivity index (χ3v) is 3.75. The summed E-state index contributed by atoms with van der Waals surface area (Å²) < 4.78 is 0.670. The van der Waals surface area contributed by atoms with Crippen molar-refractivity contribution in [2.45, 2.75) is 13.0 Å². The van der Waals surface area contributed by atoms with Crippen LogP contribution in [0, 0.1) is 10.1 Å². The van der Waals surface area contributed by atoms with Crippen LogP contribution in [-0.2, 0) is 0 Å². The van der Waals surface area contributed by atoms with Gasteiger partial charge in [-0.1, -0.05) is 11.6 Å². The van der Waals surface area contributed by atoms with Gasteiger partial charge in [0, 0.05) is 6.04 Å². The van der Waals surface area contributed by atoms with Crippen LogP contribution in [0.3, 0.4) is 0 Å². The van der Waals surface area contributed by atoms with E-state index >= 15 is 0 Å². The first kappa shape index (κ1) is 13.6. The molecule has 0 spiro atoms. The fourth-order valence-electron chi connectivity index (χ4n) is 1.66. The lowest BCUT2D eigenvalue weighted by Crippen LogP contribution is -2.07. The molecule has 1 aromatic heterocycles. The standard InChI is InChI=1S/C12H11ClN2O3S/c1-7(8-4-12(13)19-6-8)14-10-3-2-9(16)5-11(10)15(17)18/h2-7,14,16H,1H3. The number of phenolic OH excluding ortho intramolecular Hbond substituents is 1. The van der Waals surface area contributed by atoms with Crippen LogP contribution in [0.25, 0.3) is 0 Å². The van der Waals surface area contributed by atoms with Gasteiger partial charge in [-0.25, -0.2) is 0 Å². The zero-order valence-corrected chi connectivity index (χ0v) is 11.5. The molecule has 2 aromatic rings. The van der Waals surface area contributed by atoms with Gasteiger partial charge in [-0.05, 0) is 36.1 Å². The molecule has 0 amide bonds. The molecule has 0 aliphatic carbocycles. The minimum absolute atomic E-state index is 0.119. The van der Waals surface area contributed by atoms with Gasteiger partial charge in [0.2, 0.25) is 0 Å². The zero-order valence-electron chi connectivity index (χ0n) is 9.96. The summed E-state index contributed by atoms with van der Waals surface area (Å²) in [6, 6.07) is 5.71. The molecule has 19 heavy (non-hydrogen) atoms. The summed E-state index contributed by atoms with van der Waals surface area (Å²) in [4.78, 5) is 10.4. The van der Waals surface area contributed by atoms with Crippen LogP contribution >= 0.6 is 22.9 Å². The number of aromatic hydroxyl groups is 1. The number of thiophene rings is 1. The molecule has 2 N–H and O–H groups in total. The van der Waals surface area contributed by atoms with Crippen molar-refractivity contribution in [1.82, 2.24) is 0 Å². The van der Waals surface area contributed by atoms with E-state index in [2.05, 4.69) is 5.32 Å². The second kappa shape index (κ2) is 5.46. The SMILES string of the molecule is CC(Nc1ccc(O)cc1[N+](=O)[O-])c1csc(Cl)c1. The molecule has 100 valence electrons. The van der Waals surface area contributed by atoms with Crippen LogP contribution in [-0.4, -0.2) is 10.0 Å². The quantitative estimate of drug-likeness (QED) is 0.504. The van der Waals surface area contributed by atoms with Crippen molar-refractivity contribution in [3.63, 3.8) is 0 Å². The summed E-state index contributed by atoms with van der Waals surface area (Å²) in [5, 5.41) is 25.2. The number of hydrogen-bond donors (Lipinski definition) is 2. The van der Waals surface area contributed by atoms with E-state index in [1.807, 2.05) is 18.4 Å². The zero-order chi connectivity index (χ0) is 14.0. The summed E-state index contributed by atoms with van der Waals surface area (Å²) in [6.45, 7) is 1.88. The highest BCUT2D eigenvalue weighted by molar-refractivity contribution is 7.14. The van der Waals surface area contributed by atoms with Gasteiger partial charge in [-0.15, -0.1) is 11.3 Å². The Bertz CT molecular complexity index is 615. The predicted molar refractivity (Wildman–Crippen MR) is 76.1 cm³/mol. The number of anilines is 1. The fourth-order valence-corrected chi connectivity index (χ4v) is 2.64. The Morgan fingerprint density at radius 2 is 2.21 bits per heavy atom. The summed E-state index contributed by atoms with van der Waals surface area (Å²) >= 11 is 7.27. The van der Waals surface area contributed by atoms with Crippen molar-refractivity contribution >= 4 is 34.3 Å². The van der Waals surface area contributed by atoms with E-state index in [-0.39, 0.29) is 17.5 Å². The minimum atomic E-state index is -0.532. The molecule has 2 rings (SSSR count). The Labute approximate surface area is 118 Å². The van der Waals surface area contributed by atoms with E-state index in [0.29, 0.717) is 10.0 Å². The lowest BCUT2D eigenvalue weighted by molar-refractivity contribution is -0.384. The number of nitrogens with one attached hydrogen (secondary N) is 1. The average Bonchev–Trinajstić information content (AvgIpc) is 2.78. The Kier molecular flexibility index (Phi) is 3.92. The minimum Gasteiger partial charge on any atom is -0.508 e. The van der Waals surface area contributed by atoms with Crippen molar-refractivity contribution in [2.75, 3.05) is 5.32 Å². The molecular formula is C12H11ClN2O3S. The second-order valence-electron chi connectivity index (χ2n) is 4.01.